The first kappa shape index (κ1) is 9.93. The van der Waals surface area contributed by atoms with Gasteiger partial charge in [0, 0.05) is 29.3 Å². The molecule has 2 rings (SSSR count). The molecule has 1 fully saturated rings. The van der Waals surface area contributed by atoms with Crippen molar-refractivity contribution in [2.24, 2.45) is 5.73 Å². The number of nitrogens with two attached hydrogens (primary N) is 1. The van der Waals surface area contributed by atoms with E-state index < -0.39 is 0 Å². The predicted octanol–water partition coefficient (Wildman–Crippen LogP) is 1.77. The Labute approximate surface area is 92.4 Å². The normalized spacial score (nSPS) is 26.9. The van der Waals surface area contributed by atoms with Crippen molar-refractivity contribution in [2.45, 2.75) is 25.4 Å². The van der Waals surface area contributed by atoms with Gasteiger partial charge in [-0.3, -0.25) is 0 Å². The van der Waals surface area contributed by atoms with Crippen LogP contribution in [0.1, 0.15) is 13.3 Å². The molecule has 3 nitrogen and oxygen atoms in total. The van der Waals surface area contributed by atoms with Crippen molar-refractivity contribution in [1.29, 1.82) is 0 Å². The SMILES string of the molecule is CC1C(N)CCN1c1ccc(Br)cn1. The van der Waals surface area contributed by atoms with E-state index in [0.29, 0.717) is 6.04 Å². The maximum atomic E-state index is 5.96. The standard InChI is InChI=1S/C10H14BrN3/c1-7-9(12)4-5-14(7)10-3-2-8(11)6-13-10/h2-3,6-7,9H,4-5,12H2,1H3. The molecular formula is C10H14BrN3. The van der Waals surface area contributed by atoms with Gasteiger partial charge in [-0.25, -0.2) is 4.98 Å². The van der Waals surface area contributed by atoms with E-state index in [-0.39, 0.29) is 6.04 Å². The maximum Gasteiger partial charge on any atom is 0.128 e. The van der Waals surface area contributed by atoms with Crippen LogP contribution in [0.4, 0.5) is 5.82 Å². The molecule has 4 heteroatoms. The molecule has 2 unspecified atom stereocenters. The van der Waals surface area contributed by atoms with E-state index in [0.717, 1.165) is 23.3 Å². The second-order valence-electron chi connectivity index (χ2n) is 3.72. The quantitative estimate of drug-likeness (QED) is 0.832. The van der Waals surface area contributed by atoms with Crippen molar-refractivity contribution in [3.8, 4) is 0 Å². The summed E-state index contributed by atoms with van der Waals surface area (Å²) < 4.78 is 1.01. The first-order valence-corrected chi connectivity index (χ1v) is 5.61. The minimum absolute atomic E-state index is 0.278. The highest BCUT2D eigenvalue weighted by Gasteiger charge is 2.28. The molecular weight excluding hydrogens is 242 g/mol. The van der Waals surface area contributed by atoms with Crippen molar-refractivity contribution in [3.63, 3.8) is 0 Å². The van der Waals surface area contributed by atoms with Crippen LogP contribution in [0.2, 0.25) is 0 Å². The van der Waals surface area contributed by atoms with Gasteiger partial charge in [0.05, 0.1) is 0 Å². The maximum absolute atomic E-state index is 5.96. The van der Waals surface area contributed by atoms with E-state index in [4.69, 9.17) is 5.73 Å². The van der Waals surface area contributed by atoms with Crippen LogP contribution in [0.5, 0.6) is 0 Å². The van der Waals surface area contributed by atoms with Crippen molar-refractivity contribution >= 4 is 21.7 Å². The van der Waals surface area contributed by atoms with Crippen molar-refractivity contribution < 1.29 is 0 Å². The number of halogens is 1. The Hall–Kier alpha value is -0.610. The molecule has 2 atom stereocenters. The second-order valence-corrected chi connectivity index (χ2v) is 4.64. The number of rotatable bonds is 1. The average molecular weight is 256 g/mol. The fourth-order valence-electron chi connectivity index (χ4n) is 1.83. The summed E-state index contributed by atoms with van der Waals surface area (Å²) in [5.41, 5.74) is 5.96. The summed E-state index contributed by atoms with van der Waals surface area (Å²) >= 11 is 3.38. The minimum Gasteiger partial charge on any atom is -0.352 e. The molecule has 0 saturated carbocycles. The fourth-order valence-corrected chi connectivity index (χ4v) is 2.06. The summed E-state index contributed by atoms with van der Waals surface area (Å²) in [7, 11) is 0. The first-order chi connectivity index (χ1) is 6.68. The Morgan fingerprint density at radius 3 is 2.86 bits per heavy atom. The van der Waals surface area contributed by atoms with Crippen LogP contribution in [0.15, 0.2) is 22.8 Å². The summed E-state index contributed by atoms with van der Waals surface area (Å²) in [6, 6.07) is 4.71. The summed E-state index contributed by atoms with van der Waals surface area (Å²) in [4.78, 5) is 6.63. The molecule has 2 N–H and O–H groups in total. The first-order valence-electron chi connectivity index (χ1n) is 4.82. The van der Waals surface area contributed by atoms with Crippen LogP contribution >= 0.6 is 15.9 Å². The molecule has 1 aliphatic rings. The molecule has 0 aromatic carbocycles. The number of aromatic nitrogens is 1. The van der Waals surface area contributed by atoms with Gasteiger partial charge in [0.2, 0.25) is 0 Å². The van der Waals surface area contributed by atoms with Crippen LogP contribution in [0.3, 0.4) is 0 Å². The second kappa shape index (κ2) is 3.87. The molecule has 2 heterocycles. The Balaban J connectivity index is 2.19. The van der Waals surface area contributed by atoms with E-state index in [2.05, 4.69) is 32.7 Å². The van der Waals surface area contributed by atoms with Gasteiger partial charge in [-0.2, -0.15) is 0 Å². The minimum atomic E-state index is 0.278. The number of nitrogens with zero attached hydrogens (tertiary/aromatic N) is 2. The predicted molar refractivity (Wildman–Crippen MR) is 61.3 cm³/mol. The molecule has 0 spiro atoms. The summed E-state index contributed by atoms with van der Waals surface area (Å²) in [6.45, 7) is 3.17. The fraction of sp³-hybridized carbons (Fsp3) is 0.500. The molecule has 1 aliphatic heterocycles. The molecule has 1 aromatic rings. The zero-order valence-electron chi connectivity index (χ0n) is 8.15. The van der Waals surface area contributed by atoms with Gasteiger partial charge in [-0.1, -0.05) is 0 Å². The molecule has 1 aromatic heterocycles. The summed E-state index contributed by atoms with van der Waals surface area (Å²) in [6.07, 6.45) is 2.88. The third kappa shape index (κ3) is 1.77. The average Bonchev–Trinajstić information content (AvgIpc) is 2.50. The Morgan fingerprint density at radius 2 is 2.36 bits per heavy atom. The zero-order valence-corrected chi connectivity index (χ0v) is 9.74. The molecule has 14 heavy (non-hydrogen) atoms. The topological polar surface area (TPSA) is 42.1 Å². The molecule has 0 aliphatic carbocycles. The lowest BCUT2D eigenvalue weighted by atomic mass is 10.2. The highest BCUT2D eigenvalue weighted by atomic mass is 79.9. The summed E-state index contributed by atoms with van der Waals surface area (Å²) in [5, 5.41) is 0. The van der Waals surface area contributed by atoms with Crippen molar-refractivity contribution in [3.05, 3.63) is 22.8 Å². The van der Waals surface area contributed by atoms with E-state index in [1.807, 2.05) is 18.3 Å². The monoisotopic (exact) mass is 255 g/mol. The molecule has 0 bridgehead atoms. The lowest BCUT2D eigenvalue weighted by molar-refractivity contribution is 0.621. The number of hydrogen-bond donors (Lipinski definition) is 1. The Kier molecular flexibility index (Phi) is 2.74. The lowest BCUT2D eigenvalue weighted by Crippen LogP contribution is -2.37. The van der Waals surface area contributed by atoms with Gasteiger partial charge >= 0.3 is 0 Å². The van der Waals surface area contributed by atoms with E-state index in [1.165, 1.54) is 0 Å². The van der Waals surface area contributed by atoms with Crippen LogP contribution in [-0.4, -0.2) is 23.6 Å². The van der Waals surface area contributed by atoms with Crippen LogP contribution in [-0.2, 0) is 0 Å². The highest BCUT2D eigenvalue weighted by Crippen LogP contribution is 2.23. The molecule has 76 valence electrons. The Morgan fingerprint density at radius 1 is 1.57 bits per heavy atom. The third-order valence-electron chi connectivity index (χ3n) is 2.82. The zero-order chi connectivity index (χ0) is 10.1. The molecule has 0 radical (unpaired) electrons. The lowest BCUT2D eigenvalue weighted by Gasteiger charge is -2.24. The number of anilines is 1. The number of pyridine rings is 1. The Bertz CT molecular complexity index is 312. The van der Waals surface area contributed by atoms with E-state index >= 15 is 0 Å². The summed E-state index contributed by atoms with van der Waals surface area (Å²) in [5.74, 6) is 1.02. The van der Waals surface area contributed by atoms with E-state index in [1.54, 1.807) is 0 Å². The van der Waals surface area contributed by atoms with Gasteiger partial charge in [-0.15, -0.1) is 0 Å². The van der Waals surface area contributed by atoms with Gasteiger partial charge in [-0.05, 0) is 41.4 Å². The van der Waals surface area contributed by atoms with Gasteiger partial charge in [0.1, 0.15) is 5.82 Å². The van der Waals surface area contributed by atoms with E-state index in [9.17, 15) is 0 Å². The van der Waals surface area contributed by atoms with Gasteiger partial charge < -0.3 is 10.6 Å². The van der Waals surface area contributed by atoms with Crippen LogP contribution in [0.25, 0.3) is 0 Å². The molecule has 1 saturated heterocycles. The van der Waals surface area contributed by atoms with Crippen LogP contribution in [0, 0.1) is 0 Å². The van der Waals surface area contributed by atoms with Gasteiger partial charge in [0.25, 0.3) is 0 Å². The molecule has 0 amide bonds. The van der Waals surface area contributed by atoms with Crippen molar-refractivity contribution in [1.82, 2.24) is 4.98 Å². The third-order valence-corrected chi connectivity index (χ3v) is 3.29. The highest BCUT2D eigenvalue weighted by molar-refractivity contribution is 9.10. The smallest absolute Gasteiger partial charge is 0.128 e. The number of hydrogen-bond acceptors (Lipinski definition) is 3. The van der Waals surface area contributed by atoms with Crippen molar-refractivity contribution in [2.75, 3.05) is 11.4 Å². The van der Waals surface area contributed by atoms with Gasteiger partial charge in [0.15, 0.2) is 0 Å². The largest absolute Gasteiger partial charge is 0.352 e. The van der Waals surface area contributed by atoms with Crippen LogP contribution < -0.4 is 10.6 Å².